The molecule has 2 N–H and O–H groups in total. The predicted molar refractivity (Wildman–Crippen MR) is 176 cm³/mol. The highest BCUT2D eigenvalue weighted by molar-refractivity contribution is 7.92. The van der Waals surface area contributed by atoms with E-state index in [2.05, 4.69) is 35.8 Å². The average molecular weight is 637 g/mol. The van der Waals surface area contributed by atoms with Gasteiger partial charge in [-0.05, 0) is 85.6 Å². The number of aromatic nitrogens is 2. The highest BCUT2D eigenvalue weighted by Gasteiger charge is 2.52. The molecule has 0 fully saturated rings. The minimum absolute atomic E-state index is 0.0110. The van der Waals surface area contributed by atoms with E-state index in [9.17, 15) is 8.42 Å². The van der Waals surface area contributed by atoms with Crippen LogP contribution in [0, 0.1) is 10.8 Å². The molecule has 240 valence electrons. The molecular weight excluding hydrogens is 594 g/mol. The van der Waals surface area contributed by atoms with Crippen LogP contribution in [0.3, 0.4) is 0 Å². The first-order valence-corrected chi connectivity index (χ1v) is 17.0. The molecule has 0 spiro atoms. The molecule has 1 unspecified atom stereocenters. The van der Waals surface area contributed by atoms with E-state index in [0.29, 0.717) is 60.8 Å². The van der Waals surface area contributed by atoms with Gasteiger partial charge in [0.05, 0.1) is 17.7 Å². The van der Waals surface area contributed by atoms with E-state index in [1.54, 1.807) is 49.4 Å². The Morgan fingerprint density at radius 2 is 1.78 bits per heavy atom. The number of alkyl halides is 2. The number of hydrogen-bond acceptors (Lipinski definition) is 6. The number of fused-ring (bicyclic) bond motifs is 6. The number of halogens is 2. The van der Waals surface area contributed by atoms with E-state index in [1.165, 1.54) is 6.07 Å². The quantitative estimate of drug-likeness (QED) is 0.298. The van der Waals surface area contributed by atoms with Crippen molar-refractivity contribution in [2.45, 2.75) is 77.2 Å². The second kappa shape index (κ2) is 12.9. The maximum Gasteiger partial charge on any atom is 0.280 e. The average Bonchev–Trinajstić information content (AvgIpc) is 2.98. The fraction of sp³-hybridized carbons (Fsp3) is 0.429. The van der Waals surface area contributed by atoms with Gasteiger partial charge in [0, 0.05) is 18.5 Å². The Morgan fingerprint density at radius 3 is 2.58 bits per heavy atom. The zero-order chi connectivity index (χ0) is 32.3. The normalized spacial score (nSPS) is 21.3. The van der Waals surface area contributed by atoms with Crippen LogP contribution in [0.25, 0.3) is 16.7 Å². The van der Waals surface area contributed by atoms with Gasteiger partial charge in [-0.15, -0.1) is 0 Å². The zero-order valence-electron chi connectivity index (χ0n) is 26.4. The molecule has 0 radical (unpaired) electrons. The standard InChI is InChI=1S/C35H42F2N4O3S/c1-33(2,3)21-23-44-26-13-10-12-25(24-26)27-17-18-30-40-32(27)28-14-6-8-19-34(28,4)35(36,37)20-7-5-9-22-38-29-15-11-16-31(39-29)45(42,43)41-30/h6,8,10-18,24H,5,7,9,19-23H2,1-4H3,(H,38,39)(H,40,41). The van der Waals surface area contributed by atoms with Crippen LogP contribution in [0.5, 0.6) is 5.75 Å². The van der Waals surface area contributed by atoms with Gasteiger partial charge in [-0.2, -0.15) is 8.42 Å². The van der Waals surface area contributed by atoms with Crippen LogP contribution in [0.15, 0.2) is 77.9 Å². The lowest BCUT2D eigenvalue weighted by Gasteiger charge is -2.40. The lowest BCUT2D eigenvalue weighted by molar-refractivity contribution is -0.0920. The smallest absolute Gasteiger partial charge is 0.280 e. The summed E-state index contributed by atoms with van der Waals surface area (Å²) in [5, 5.41) is 2.94. The van der Waals surface area contributed by atoms with E-state index in [0.717, 1.165) is 12.0 Å². The number of sulfonamides is 1. The van der Waals surface area contributed by atoms with Gasteiger partial charge in [-0.3, -0.25) is 4.72 Å². The number of nitrogens with zero attached hydrogens (tertiary/aromatic N) is 2. The molecule has 10 heteroatoms. The summed E-state index contributed by atoms with van der Waals surface area (Å²) in [5.41, 5.74) is 0.525. The van der Waals surface area contributed by atoms with Crippen molar-refractivity contribution in [1.29, 1.82) is 0 Å². The highest BCUT2D eigenvalue weighted by atomic mass is 32.2. The van der Waals surface area contributed by atoms with E-state index in [-0.39, 0.29) is 29.1 Å². The molecule has 4 bridgehead atoms. The summed E-state index contributed by atoms with van der Waals surface area (Å²) in [6, 6.07) is 15.5. The number of rotatable bonds is 4. The van der Waals surface area contributed by atoms with E-state index in [1.807, 2.05) is 24.3 Å². The molecule has 1 aromatic carbocycles. The van der Waals surface area contributed by atoms with Gasteiger partial charge in [-0.25, -0.2) is 18.7 Å². The molecule has 7 nitrogen and oxygen atoms in total. The van der Waals surface area contributed by atoms with E-state index >= 15 is 8.78 Å². The Hall–Kier alpha value is -3.79. The third kappa shape index (κ3) is 7.54. The first-order valence-electron chi connectivity index (χ1n) is 15.5. The van der Waals surface area contributed by atoms with Crippen LogP contribution >= 0.6 is 0 Å². The maximum absolute atomic E-state index is 16.3. The van der Waals surface area contributed by atoms with Crippen molar-refractivity contribution in [2.24, 2.45) is 10.8 Å². The number of anilines is 2. The van der Waals surface area contributed by atoms with Crippen molar-refractivity contribution in [3.63, 3.8) is 0 Å². The van der Waals surface area contributed by atoms with Crippen molar-refractivity contribution in [3.05, 3.63) is 78.5 Å². The lowest BCUT2D eigenvalue weighted by atomic mass is 9.68. The molecule has 45 heavy (non-hydrogen) atoms. The molecule has 0 saturated heterocycles. The third-order valence-corrected chi connectivity index (χ3v) is 9.71. The fourth-order valence-electron chi connectivity index (χ4n) is 5.63. The minimum atomic E-state index is -4.13. The molecule has 2 aromatic heterocycles. The van der Waals surface area contributed by atoms with Gasteiger partial charge < -0.3 is 10.1 Å². The van der Waals surface area contributed by atoms with Gasteiger partial charge >= 0.3 is 0 Å². The van der Waals surface area contributed by atoms with Gasteiger partial charge in [0.25, 0.3) is 15.9 Å². The second-order valence-corrected chi connectivity index (χ2v) is 14.9. The SMILES string of the molecule is CC(C)(C)CCOc1cccc(-c2ccc3nc2C2=CC=CCC2(C)C(F)(F)CCCCCNc2cccc(n2)S(=O)(=O)N3)c1. The Kier molecular flexibility index (Phi) is 9.35. The van der Waals surface area contributed by atoms with Gasteiger partial charge in [0.2, 0.25) is 0 Å². The van der Waals surface area contributed by atoms with Crippen LogP contribution in [0.1, 0.15) is 71.9 Å². The monoisotopic (exact) mass is 636 g/mol. The Balaban J connectivity index is 1.63. The first-order chi connectivity index (χ1) is 21.3. The Bertz CT molecular complexity index is 1700. The molecule has 2 aliphatic rings. The van der Waals surface area contributed by atoms with E-state index in [4.69, 9.17) is 9.72 Å². The minimum Gasteiger partial charge on any atom is -0.494 e. The molecular formula is C35H42F2N4O3S. The molecule has 3 aromatic rings. The summed E-state index contributed by atoms with van der Waals surface area (Å²) < 4.78 is 68.1. The molecule has 1 aliphatic heterocycles. The number of benzene rings is 1. The molecule has 5 rings (SSSR count). The number of allylic oxidation sites excluding steroid dienone is 4. The van der Waals surface area contributed by atoms with Crippen LogP contribution in [-0.4, -0.2) is 37.5 Å². The summed E-state index contributed by atoms with van der Waals surface area (Å²) in [6.07, 6.45) is 7.51. The summed E-state index contributed by atoms with van der Waals surface area (Å²) in [6.45, 7) is 9.06. The molecule has 3 heterocycles. The Morgan fingerprint density at radius 1 is 0.978 bits per heavy atom. The topological polar surface area (TPSA) is 93.2 Å². The van der Waals surface area contributed by atoms with Crippen molar-refractivity contribution < 1.29 is 21.9 Å². The van der Waals surface area contributed by atoms with E-state index < -0.39 is 21.4 Å². The fourth-order valence-corrected chi connectivity index (χ4v) is 6.60. The first kappa shape index (κ1) is 32.6. The predicted octanol–water partition coefficient (Wildman–Crippen LogP) is 8.73. The lowest BCUT2D eigenvalue weighted by Crippen LogP contribution is -2.41. The van der Waals surface area contributed by atoms with Crippen molar-refractivity contribution in [1.82, 2.24) is 9.97 Å². The van der Waals surface area contributed by atoms with Gasteiger partial charge in [-0.1, -0.05) is 63.6 Å². The van der Waals surface area contributed by atoms with Crippen LogP contribution < -0.4 is 14.8 Å². The highest BCUT2D eigenvalue weighted by Crippen LogP contribution is 2.54. The molecule has 0 saturated carbocycles. The zero-order valence-corrected chi connectivity index (χ0v) is 27.2. The number of pyridine rings is 2. The number of nitrogens with one attached hydrogen (secondary N) is 2. The van der Waals surface area contributed by atoms with Crippen LogP contribution in [0.2, 0.25) is 0 Å². The number of hydrogen-bond donors (Lipinski definition) is 2. The molecule has 0 amide bonds. The summed E-state index contributed by atoms with van der Waals surface area (Å²) in [5.74, 6) is -1.98. The van der Waals surface area contributed by atoms with Gasteiger partial charge in [0.15, 0.2) is 5.03 Å². The maximum atomic E-state index is 16.3. The van der Waals surface area contributed by atoms with Crippen LogP contribution in [-0.2, 0) is 10.0 Å². The third-order valence-electron chi connectivity index (χ3n) is 8.45. The molecule has 1 aliphatic carbocycles. The van der Waals surface area contributed by atoms with Gasteiger partial charge in [0.1, 0.15) is 17.4 Å². The number of ether oxygens (including phenoxy) is 1. The largest absolute Gasteiger partial charge is 0.494 e. The summed E-state index contributed by atoms with van der Waals surface area (Å²) in [4.78, 5) is 9.03. The van der Waals surface area contributed by atoms with Crippen LogP contribution in [0.4, 0.5) is 20.4 Å². The van der Waals surface area contributed by atoms with Crippen molar-refractivity contribution in [3.8, 4) is 16.9 Å². The van der Waals surface area contributed by atoms with Crippen molar-refractivity contribution >= 4 is 27.2 Å². The van der Waals surface area contributed by atoms with Crippen molar-refractivity contribution in [2.75, 3.05) is 23.2 Å². The Labute approximate surface area is 265 Å². The second-order valence-electron chi connectivity index (χ2n) is 13.2. The summed E-state index contributed by atoms with van der Waals surface area (Å²) >= 11 is 0. The molecule has 1 atom stereocenters. The summed E-state index contributed by atoms with van der Waals surface area (Å²) in [7, 11) is -4.13.